The van der Waals surface area contributed by atoms with Gasteiger partial charge in [-0.25, -0.2) is 18.4 Å². The van der Waals surface area contributed by atoms with E-state index in [9.17, 15) is 18.4 Å². The molecule has 1 aromatic rings. The second kappa shape index (κ2) is 8.71. The van der Waals surface area contributed by atoms with Gasteiger partial charge in [-0.3, -0.25) is 4.90 Å². The Kier molecular flexibility index (Phi) is 6.33. The Morgan fingerprint density at radius 3 is 2.70 bits per heavy atom. The summed E-state index contributed by atoms with van der Waals surface area (Å²) in [5.74, 6) is -0.687. The molecule has 3 rings (SSSR count). The number of nitrogens with zero attached hydrogens (tertiary/aromatic N) is 1. The summed E-state index contributed by atoms with van der Waals surface area (Å²) in [6, 6.07) is 1.90. The highest BCUT2D eigenvalue weighted by Gasteiger charge is 2.34. The number of thioether (sulfide) groups is 1. The standard InChI is InChI=1S/C18H21F2N3O3S/c1-2-26-17(24)15-14(10-23-5-7-27-8-6-23)21-18(25)22-16(15)11-3-4-12(19)13(20)9-11/h3-4,9,16H,2,5-8,10H2,1H3,(H2,21,22,25). The zero-order valence-corrected chi connectivity index (χ0v) is 15.7. The minimum absolute atomic E-state index is 0.161. The lowest BCUT2D eigenvalue weighted by Crippen LogP contribution is -2.49. The zero-order valence-electron chi connectivity index (χ0n) is 14.9. The molecule has 0 saturated carbocycles. The van der Waals surface area contributed by atoms with Crippen molar-refractivity contribution in [2.45, 2.75) is 13.0 Å². The van der Waals surface area contributed by atoms with Crippen molar-refractivity contribution in [2.75, 3.05) is 37.7 Å². The van der Waals surface area contributed by atoms with Gasteiger partial charge in [0, 0.05) is 36.8 Å². The van der Waals surface area contributed by atoms with E-state index < -0.39 is 29.7 Å². The third-order valence-electron chi connectivity index (χ3n) is 4.41. The Hall–Kier alpha value is -2.13. The molecule has 2 heterocycles. The van der Waals surface area contributed by atoms with E-state index in [2.05, 4.69) is 15.5 Å². The molecule has 2 aliphatic heterocycles. The Morgan fingerprint density at radius 1 is 1.30 bits per heavy atom. The summed E-state index contributed by atoms with van der Waals surface area (Å²) in [4.78, 5) is 26.9. The number of halogens is 2. The predicted octanol–water partition coefficient (Wildman–Crippen LogP) is 2.18. The van der Waals surface area contributed by atoms with Crippen molar-refractivity contribution in [1.29, 1.82) is 0 Å². The van der Waals surface area contributed by atoms with Gasteiger partial charge in [-0.05, 0) is 24.6 Å². The summed E-state index contributed by atoms with van der Waals surface area (Å²) >= 11 is 1.85. The molecule has 9 heteroatoms. The first-order chi connectivity index (χ1) is 13.0. The first kappa shape index (κ1) is 19.6. The predicted molar refractivity (Wildman–Crippen MR) is 98.2 cm³/mol. The molecule has 0 radical (unpaired) electrons. The van der Waals surface area contributed by atoms with E-state index in [1.807, 2.05) is 11.8 Å². The molecule has 1 atom stereocenters. The van der Waals surface area contributed by atoms with E-state index in [0.717, 1.165) is 36.7 Å². The van der Waals surface area contributed by atoms with Crippen LogP contribution in [0.15, 0.2) is 29.5 Å². The maximum Gasteiger partial charge on any atom is 0.338 e. The van der Waals surface area contributed by atoms with Gasteiger partial charge < -0.3 is 15.4 Å². The molecule has 0 aromatic heterocycles. The minimum atomic E-state index is -1.04. The third kappa shape index (κ3) is 4.59. The van der Waals surface area contributed by atoms with Crippen molar-refractivity contribution in [2.24, 2.45) is 0 Å². The van der Waals surface area contributed by atoms with Gasteiger partial charge in [0.05, 0.1) is 18.2 Å². The molecule has 2 amide bonds. The highest BCUT2D eigenvalue weighted by atomic mass is 32.2. The van der Waals surface area contributed by atoms with Crippen LogP contribution in [0, 0.1) is 11.6 Å². The summed E-state index contributed by atoms with van der Waals surface area (Å²) in [6.45, 7) is 3.89. The molecule has 1 saturated heterocycles. The molecule has 1 unspecified atom stereocenters. The van der Waals surface area contributed by atoms with Crippen LogP contribution in [-0.2, 0) is 9.53 Å². The first-order valence-corrected chi connectivity index (χ1v) is 9.87. The lowest BCUT2D eigenvalue weighted by atomic mass is 9.94. The largest absolute Gasteiger partial charge is 0.463 e. The fraction of sp³-hybridized carbons (Fsp3) is 0.444. The second-order valence-electron chi connectivity index (χ2n) is 6.21. The normalized spacial score (nSPS) is 20.9. The Morgan fingerprint density at radius 2 is 2.04 bits per heavy atom. The molecule has 0 spiro atoms. The van der Waals surface area contributed by atoms with Crippen molar-refractivity contribution >= 4 is 23.8 Å². The molecular formula is C18H21F2N3O3S. The number of urea groups is 1. The van der Waals surface area contributed by atoms with E-state index in [0.29, 0.717) is 12.2 Å². The number of ether oxygens (including phenoxy) is 1. The van der Waals surface area contributed by atoms with Gasteiger partial charge >= 0.3 is 12.0 Å². The molecule has 0 bridgehead atoms. The summed E-state index contributed by atoms with van der Waals surface area (Å²) in [6.07, 6.45) is 0. The van der Waals surface area contributed by atoms with E-state index in [1.54, 1.807) is 6.92 Å². The number of carbonyl (C=O) groups excluding carboxylic acids is 2. The van der Waals surface area contributed by atoms with Crippen LogP contribution in [0.1, 0.15) is 18.5 Å². The fourth-order valence-electron chi connectivity index (χ4n) is 3.12. The van der Waals surface area contributed by atoms with Gasteiger partial charge in [0.1, 0.15) is 0 Å². The monoisotopic (exact) mass is 397 g/mol. The van der Waals surface area contributed by atoms with Crippen LogP contribution in [0.4, 0.5) is 13.6 Å². The van der Waals surface area contributed by atoms with Gasteiger partial charge in [-0.1, -0.05) is 6.07 Å². The average molecular weight is 397 g/mol. The first-order valence-electron chi connectivity index (χ1n) is 8.72. The molecule has 27 heavy (non-hydrogen) atoms. The summed E-state index contributed by atoms with van der Waals surface area (Å²) in [5, 5.41) is 5.31. The van der Waals surface area contributed by atoms with Crippen LogP contribution in [0.25, 0.3) is 0 Å². The lowest BCUT2D eigenvalue weighted by Gasteiger charge is -2.33. The van der Waals surface area contributed by atoms with Gasteiger partial charge in [0.2, 0.25) is 0 Å². The quantitative estimate of drug-likeness (QED) is 0.746. The molecule has 0 aliphatic carbocycles. The topological polar surface area (TPSA) is 70.7 Å². The number of hydrogen-bond donors (Lipinski definition) is 2. The third-order valence-corrected chi connectivity index (χ3v) is 5.35. The van der Waals surface area contributed by atoms with Crippen LogP contribution in [0.2, 0.25) is 0 Å². The summed E-state index contributed by atoms with van der Waals surface area (Å²) < 4.78 is 32.2. The van der Waals surface area contributed by atoms with Gasteiger partial charge in [-0.15, -0.1) is 0 Å². The van der Waals surface area contributed by atoms with Crippen molar-refractivity contribution in [3.63, 3.8) is 0 Å². The fourth-order valence-corrected chi connectivity index (χ4v) is 4.10. The Bertz CT molecular complexity index is 766. The van der Waals surface area contributed by atoms with Gasteiger partial charge in [0.15, 0.2) is 11.6 Å². The molecular weight excluding hydrogens is 376 g/mol. The lowest BCUT2D eigenvalue weighted by molar-refractivity contribution is -0.139. The highest BCUT2D eigenvalue weighted by molar-refractivity contribution is 7.99. The van der Waals surface area contributed by atoms with Crippen molar-refractivity contribution in [1.82, 2.24) is 15.5 Å². The number of nitrogens with one attached hydrogen (secondary N) is 2. The number of esters is 1. The van der Waals surface area contributed by atoms with Crippen LogP contribution >= 0.6 is 11.8 Å². The molecule has 2 N–H and O–H groups in total. The zero-order chi connectivity index (χ0) is 19.4. The van der Waals surface area contributed by atoms with E-state index >= 15 is 0 Å². The molecule has 1 aromatic carbocycles. The van der Waals surface area contributed by atoms with Crippen LogP contribution in [0.3, 0.4) is 0 Å². The number of carbonyl (C=O) groups is 2. The maximum atomic E-state index is 13.7. The van der Waals surface area contributed by atoms with Crippen molar-refractivity contribution < 1.29 is 23.1 Å². The van der Waals surface area contributed by atoms with Crippen LogP contribution in [0.5, 0.6) is 0 Å². The highest BCUT2D eigenvalue weighted by Crippen LogP contribution is 2.29. The van der Waals surface area contributed by atoms with Crippen molar-refractivity contribution in [3.05, 3.63) is 46.7 Å². The smallest absolute Gasteiger partial charge is 0.338 e. The minimum Gasteiger partial charge on any atom is -0.463 e. The number of hydrogen-bond acceptors (Lipinski definition) is 5. The number of rotatable bonds is 5. The number of benzene rings is 1. The molecule has 146 valence electrons. The van der Waals surface area contributed by atoms with E-state index in [4.69, 9.17) is 4.74 Å². The maximum absolute atomic E-state index is 13.7. The van der Waals surface area contributed by atoms with Crippen LogP contribution in [-0.4, -0.2) is 54.6 Å². The average Bonchev–Trinajstić information content (AvgIpc) is 2.64. The molecule has 1 fully saturated rings. The molecule has 6 nitrogen and oxygen atoms in total. The SMILES string of the molecule is CCOC(=O)C1=C(CN2CCSCC2)NC(=O)NC1c1ccc(F)c(F)c1. The van der Waals surface area contributed by atoms with Gasteiger partial charge in [-0.2, -0.15) is 11.8 Å². The van der Waals surface area contributed by atoms with Gasteiger partial charge in [0.25, 0.3) is 0 Å². The van der Waals surface area contributed by atoms with E-state index in [1.165, 1.54) is 6.07 Å². The van der Waals surface area contributed by atoms with E-state index in [-0.39, 0.29) is 17.7 Å². The number of amides is 2. The Balaban J connectivity index is 2.00. The second-order valence-corrected chi connectivity index (χ2v) is 7.43. The summed E-state index contributed by atoms with van der Waals surface area (Å²) in [5.41, 5.74) is 0.915. The van der Waals surface area contributed by atoms with Crippen molar-refractivity contribution in [3.8, 4) is 0 Å². The summed E-state index contributed by atoms with van der Waals surface area (Å²) in [7, 11) is 0. The Labute approximate surface area is 160 Å². The van der Waals surface area contributed by atoms with Crippen LogP contribution < -0.4 is 10.6 Å². The molecule has 2 aliphatic rings.